The number of aromatic nitrogens is 1. The number of aryl methyl sites for hydroxylation is 1. The van der Waals surface area contributed by atoms with Gasteiger partial charge in [-0.3, -0.25) is 9.69 Å². The van der Waals surface area contributed by atoms with Gasteiger partial charge >= 0.3 is 0 Å². The Labute approximate surface area is 139 Å². The first kappa shape index (κ1) is 16.5. The summed E-state index contributed by atoms with van der Waals surface area (Å²) in [5.41, 5.74) is 0.713. The Kier molecular flexibility index (Phi) is 4.78. The lowest BCUT2D eigenvalue weighted by Crippen LogP contribution is -2.47. The fourth-order valence-corrected chi connectivity index (χ4v) is 3.88. The van der Waals surface area contributed by atoms with Crippen LogP contribution in [0.3, 0.4) is 0 Å². The number of hydrogen-bond donors (Lipinski definition) is 1. The average Bonchev–Trinajstić information content (AvgIpc) is 3.12. The molecule has 2 fully saturated rings. The Bertz CT molecular complexity index is 554. The van der Waals surface area contributed by atoms with E-state index in [0.29, 0.717) is 18.3 Å². The molecule has 0 bridgehead atoms. The second kappa shape index (κ2) is 6.65. The zero-order valence-electron chi connectivity index (χ0n) is 14.5. The molecule has 1 aromatic rings. The smallest absolute Gasteiger partial charge is 0.267 e. The predicted molar refractivity (Wildman–Crippen MR) is 90.5 cm³/mol. The van der Waals surface area contributed by atoms with Crippen LogP contribution in [0.4, 0.5) is 0 Å². The summed E-state index contributed by atoms with van der Waals surface area (Å²) >= 11 is 0. The van der Waals surface area contributed by atoms with Crippen LogP contribution in [0.15, 0.2) is 18.3 Å². The summed E-state index contributed by atoms with van der Waals surface area (Å²) in [5.74, 6) is -0.0176. The van der Waals surface area contributed by atoms with Crippen LogP contribution in [0.25, 0.3) is 0 Å². The fraction of sp³-hybridized carbons (Fsp3) is 0.722. The third kappa shape index (κ3) is 3.61. The number of carbonyl (C=O) groups excluding carboxylic acids is 1. The van der Waals surface area contributed by atoms with Gasteiger partial charge in [0, 0.05) is 38.9 Å². The van der Waals surface area contributed by atoms with Crippen molar-refractivity contribution in [3.63, 3.8) is 0 Å². The molecule has 2 atom stereocenters. The van der Waals surface area contributed by atoms with Gasteiger partial charge in [-0.25, -0.2) is 0 Å². The minimum atomic E-state index is -0.0176. The molecule has 5 nitrogen and oxygen atoms in total. The molecule has 0 saturated carbocycles. The van der Waals surface area contributed by atoms with E-state index in [1.165, 1.54) is 6.42 Å². The molecular formula is C18H29N3O2. The van der Waals surface area contributed by atoms with Gasteiger partial charge in [-0.05, 0) is 51.7 Å². The molecule has 128 valence electrons. The lowest BCUT2D eigenvalue weighted by molar-refractivity contribution is -0.119. The Morgan fingerprint density at radius 1 is 1.48 bits per heavy atom. The molecule has 2 saturated heterocycles. The van der Waals surface area contributed by atoms with E-state index >= 15 is 0 Å². The molecule has 3 rings (SSSR count). The molecule has 5 heteroatoms. The van der Waals surface area contributed by atoms with Gasteiger partial charge < -0.3 is 14.6 Å². The van der Waals surface area contributed by atoms with E-state index in [-0.39, 0.29) is 17.6 Å². The SMILES string of the molecule is CC(C)N1CC[C@]2(CCC[C@@H](CNC(=O)c3cccn3C)O2)C1. The topological polar surface area (TPSA) is 46.5 Å². The first-order valence-corrected chi connectivity index (χ1v) is 8.80. The molecule has 1 aromatic heterocycles. The van der Waals surface area contributed by atoms with Gasteiger partial charge in [0.2, 0.25) is 0 Å². The van der Waals surface area contributed by atoms with Gasteiger partial charge in [-0.1, -0.05) is 0 Å². The van der Waals surface area contributed by atoms with Gasteiger partial charge in [0.05, 0.1) is 11.7 Å². The number of rotatable bonds is 4. The molecule has 2 aliphatic heterocycles. The molecule has 0 aromatic carbocycles. The summed E-state index contributed by atoms with van der Waals surface area (Å²) in [5, 5.41) is 3.04. The second-order valence-electron chi connectivity index (χ2n) is 7.34. The van der Waals surface area contributed by atoms with E-state index in [2.05, 4.69) is 24.1 Å². The fourth-order valence-electron chi connectivity index (χ4n) is 3.88. The van der Waals surface area contributed by atoms with Crippen molar-refractivity contribution in [1.82, 2.24) is 14.8 Å². The van der Waals surface area contributed by atoms with Crippen LogP contribution in [0.1, 0.15) is 50.0 Å². The monoisotopic (exact) mass is 319 g/mol. The van der Waals surface area contributed by atoms with Crippen LogP contribution >= 0.6 is 0 Å². The van der Waals surface area contributed by atoms with Crippen molar-refractivity contribution in [2.75, 3.05) is 19.6 Å². The van der Waals surface area contributed by atoms with Crippen molar-refractivity contribution in [2.24, 2.45) is 7.05 Å². The van der Waals surface area contributed by atoms with Gasteiger partial charge in [0.15, 0.2) is 0 Å². The quantitative estimate of drug-likeness (QED) is 0.925. The maximum Gasteiger partial charge on any atom is 0.267 e. The van der Waals surface area contributed by atoms with Crippen molar-refractivity contribution in [1.29, 1.82) is 0 Å². The van der Waals surface area contributed by atoms with Crippen LogP contribution < -0.4 is 5.32 Å². The lowest BCUT2D eigenvalue weighted by atomic mass is 9.90. The maximum atomic E-state index is 12.2. The molecule has 3 heterocycles. The predicted octanol–water partition coefficient (Wildman–Crippen LogP) is 2.18. The van der Waals surface area contributed by atoms with Crippen LogP contribution in [-0.2, 0) is 11.8 Å². The number of nitrogens with one attached hydrogen (secondary N) is 1. The Morgan fingerprint density at radius 3 is 2.96 bits per heavy atom. The maximum absolute atomic E-state index is 12.2. The van der Waals surface area contributed by atoms with Gasteiger partial charge in [-0.15, -0.1) is 0 Å². The molecular weight excluding hydrogens is 290 g/mol. The molecule has 0 radical (unpaired) electrons. The van der Waals surface area contributed by atoms with Crippen LogP contribution in [0, 0.1) is 0 Å². The molecule has 1 spiro atoms. The van der Waals surface area contributed by atoms with Crippen molar-refractivity contribution >= 4 is 5.91 Å². The summed E-state index contributed by atoms with van der Waals surface area (Å²) < 4.78 is 8.29. The summed E-state index contributed by atoms with van der Waals surface area (Å²) in [6.07, 6.45) is 6.53. The molecule has 1 amide bonds. The number of hydrogen-bond acceptors (Lipinski definition) is 3. The standard InChI is InChI=1S/C18H29N3O2/c1-14(2)21-11-9-18(13-21)8-4-6-15(23-18)12-19-17(22)16-7-5-10-20(16)3/h5,7,10,14-15H,4,6,8-9,11-13H2,1-3H3,(H,19,22)/t15-,18+/m0/s1. The van der Waals surface area contributed by atoms with E-state index in [1.54, 1.807) is 0 Å². The third-order valence-electron chi connectivity index (χ3n) is 5.32. The average molecular weight is 319 g/mol. The first-order valence-electron chi connectivity index (χ1n) is 8.80. The molecule has 0 aliphatic carbocycles. The third-order valence-corrected chi connectivity index (χ3v) is 5.32. The van der Waals surface area contributed by atoms with E-state index in [4.69, 9.17) is 4.74 Å². The van der Waals surface area contributed by atoms with Crippen molar-refractivity contribution in [3.05, 3.63) is 24.0 Å². The highest BCUT2D eigenvalue weighted by molar-refractivity contribution is 5.92. The molecule has 1 N–H and O–H groups in total. The number of nitrogens with zero attached hydrogens (tertiary/aromatic N) is 2. The number of carbonyl (C=O) groups is 1. The Hall–Kier alpha value is -1.33. The van der Waals surface area contributed by atoms with E-state index in [0.717, 1.165) is 32.4 Å². The normalized spacial score (nSPS) is 28.6. The Balaban J connectivity index is 1.53. The Morgan fingerprint density at radius 2 is 2.30 bits per heavy atom. The molecule has 23 heavy (non-hydrogen) atoms. The summed E-state index contributed by atoms with van der Waals surface area (Å²) in [6.45, 7) is 7.26. The van der Waals surface area contributed by atoms with Crippen LogP contribution in [-0.4, -0.2) is 52.8 Å². The van der Waals surface area contributed by atoms with Gasteiger partial charge in [0.25, 0.3) is 5.91 Å². The van der Waals surface area contributed by atoms with Gasteiger partial charge in [0.1, 0.15) is 5.69 Å². The zero-order valence-corrected chi connectivity index (χ0v) is 14.5. The summed E-state index contributed by atoms with van der Waals surface area (Å²) in [6, 6.07) is 4.31. The highest BCUT2D eigenvalue weighted by Gasteiger charge is 2.43. The largest absolute Gasteiger partial charge is 0.369 e. The highest BCUT2D eigenvalue weighted by atomic mass is 16.5. The highest BCUT2D eigenvalue weighted by Crippen LogP contribution is 2.37. The van der Waals surface area contributed by atoms with Crippen molar-refractivity contribution in [2.45, 2.75) is 57.3 Å². The van der Waals surface area contributed by atoms with E-state index < -0.39 is 0 Å². The second-order valence-corrected chi connectivity index (χ2v) is 7.34. The van der Waals surface area contributed by atoms with E-state index in [9.17, 15) is 4.79 Å². The molecule has 0 unspecified atom stereocenters. The number of likely N-dealkylation sites (tertiary alicyclic amines) is 1. The number of amides is 1. The number of ether oxygens (including phenoxy) is 1. The minimum Gasteiger partial charge on any atom is -0.369 e. The van der Waals surface area contributed by atoms with Crippen molar-refractivity contribution < 1.29 is 9.53 Å². The summed E-state index contributed by atoms with van der Waals surface area (Å²) in [4.78, 5) is 14.7. The summed E-state index contributed by atoms with van der Waals surface area (Å²) in [7, 11) is 1.89. The van der Waals surface area contributed by atoms with Crippen molar-refractivity contribution in [3.8, 4) is 0 Å². The first-order chi connectivity index (χ1) is 11.0. The zero-order chi connectivity index (χ0) is 16.4. The van der Waals surface area contributed by atoms with Crippen LogP contribution in [0.5, 0.6) is 0 Å². The van der Waals surface area contributed by atoms with Gasteiger partial charge in [-0.2, -0.15) is 0 Å². The lowest BCUT2D eigenvalue weighted by Gasteiger charge is -2.39. The van der Waals surface area contributed by atoms with E-state index in [1.807, 2.05) is 29.9 Å². The molecule has 2 aliphatic rings. The van der Waals surface area contributed by atoms with Crippen LogP contribution in [0.2, 0.25) is 0 Å². The minimum absolute atomic E-state index is 0.0168.